The first-order chi connectivity index (χ1) is 17.1. The maximum atomic E-state index is 15.4. The fourth-order valence-corrected chi connectivity index (χ4v) is 4.93. The van der Waals surface area contributed by atoms with Gasteiger partial charge in [0, 0.05) is 37.2 Å². The molecule has 0 radical (unpaired) electrons. The van der Waals surface area contributed by atoms with Gasteiger partial charge in [-0.3, -0.25) is 9.89 Å². The van der Waals surface area contributed by atoms with E-state index < -0.39 is 5.82 Å². The van der Waals surface area contributed by atoms with Gasteiger partial charge in [-0.1, -0.05) is 6.07 Å². The maximum Gasteiger partial charge on any atom is 0.227 e. The minimum absolute atomic E-state index is 0.0296. The van der Waals surface area contributed by atoms with E-state index in [2.05, 4.69) is 27.1 Å². The maximum absolute atomic E-state index is 15.4. The number of carbonyl (C=O) groups excluding carboxylic acids is 1. The van der Waals surface area contributed by atoms with Crippen LogP contribution in [-0.2, 0) is 9.53 Å². The highest BCUT2D eigenvalue weighted by molar-refractivity contribution is 5.97. The lowest BCUT2D eigenvalue weighted by Crippen LogP contribution is -2.44. The number of piperidine rings is 1. The number of ether oxygens (including phenoxy) is 1. The Morgan fingerprint density at radius 1 is 1.14 bits per heavy atom. The van der Waals surface area contributed by atoms with Gasteiger partial charge in [0.1, 0.15) is 11.6 Å². The summed E-state index contributed by atoms with van der Waals surface area (Å²) in [5, 5.41) is 12.4. The van der Waals surface area contributed by atoms with Crippen molar-refractivity contribution in [2.45, 2.75) is 32.2 Å². The van der Waals surface area contributed by atoms with Crippen LogP contribution in [-0.4, -0.2) is 63.2 Å². The summed E-state index contributed by atoms with van der Waals surface area (Å²) in [5.74, 6) is 0.953. The molecule has 2 saturated heterocycles. The highest BCUT2D eigenvalue weighted by atomic mass is 19.1. The Bertz CT molecular complexity index is 1380. The monoisotopic (exact) mass is 475 g/mol. The molecular weight excluding hydrogens is 449 g/mol. The van der Waals surface area contributed by atoms with E-state index in [4.69, 9.17) is 9.72 Å². The van der Waals surface area contributed by atoms with Crippen molar-refractivity contribution < 1.29 is 13.9 Å². The summed E-state index contributed by atoms with van der Waals surface area (Å²) in [6, 6.07) is 9.03. The zero-order chi connectivity index (χ0) is 23.9. The number of benzene rings is 1. The lowest BCUT2D eigenvalue weighted by molar-refractivity contribution is -0.119. The number of aromatic nitrogens is 5. The SMILES string of the molecule is C[C@@H]1COCCN1c1cc(-c2ccc(N3CCCCC3=O)c(F)c2)c2cnn(-c3cc[nH]n3)c2n1. The Morgan fingerprint density at radius 3 is 2.83 bits per heavy atom. The number of fused-ring (bicyclic) bond motifs is 1. The van der Waals surface area contributed by atoms with Crippen LogP contribution in [0.1, 0.15) is 26.2 Å². The van der Waals surface area contributed by atoms with Gasteiger partial charge < -0.3 is 14.5 Å². The molecule has 1 aromatic carbocycles. The topological polar surface area (TPSA) is 92.2 Å². The Hall–Kier alpha value is -3.79. The van der Waals surface area contributed by atoms with Gasteiger partial charge in [0.05, 0.1) is 31.1 Å². The van der Waals surface area contributed by atoms with Crippen molar-refractivity contribution in [3.05, 3.63) is 48.5 Å². The Morgan fingerprint density at radius 2 is 2.06 bits per heavy atom. The first kappa shape index (κ1) is 21.7. The van der Waals surface area contributed by atoms with E-state index in [0.717, 1.165) is 29.6 Å². The predicted octanol–water partition coefficient (Wildman–Crippen LogP) is 3.69. The summed E-state index contributed by atoms with van der Waals surface area (Å²) < 4.78 is 22.7. The van der Waals surface area contributed by atoms with Crippen LogP contribution in [0.5, 0.6) is 0 Å². The quantitative estimate of drug-likeness (QED) is 0.484. The Kier molecular flexibility index (Phi) is 5.44. The molecule has 2 aliphatic heterocycles. The van der Waals surface area contributed by atoms with Crippen molar-refractivity contribution in [3.8, 4) is 16.9 Å². The van der Waals surface area contributed by atoms with Gasteiger partial charge in [-0.25, -0.2) is 9.37 Å². The van der Waals surface area contributed by atoms with Crippen molar-refractivity contribution in [3.63, 3.8) is 0 Å². The molecule has 1 atom stereocenters. The molecule has 1 N–H and O–H groups in total. The minimum Gasteiger partial charge on any atom is -0.377 e. The van der Waals surface area contributed by atoms with E-state index >= 15 is 4.39 Å². The molecule has 180 valence electrons. The van der Waals surface area contributed by atoms with E-state index in [0.29, 0.717) is 55.4 Å². The van der Waals surface area contributed by atoms with Crippen molar-refractivity contribution in [2.24, 2.45) is 0 Å². The first-order valence-electron chi connectivity index (χ1n) is 11.9. The first-order valence-corrected chi connectivity index (χ1v) is 11.9. The molecule has 0 saturated carbocycles. The molecule has 2 fully saturated rings. The Balaban J connectivity index is 1.49. The van der Waals surface area contributed by atoms with Gasteiger partial charge in [-0.2, -0.15) is 14.9 Å². The molecule has 3 aromatic heterocycles. The molecule has 0 bridgehead atoms. The van der Waals surface area contributed by atoms with Crippen LogP contribution >= 0.6 is 0 Å². The normalized spacial score (nSPS) is 19.0. The van der Waals surface area contributed by atoms with E-state index in [-0.39, 0.29) is 11.9 Å². The largest absolute Gasteiger partial charge is 0.377 e. The zero-order valence-electron chi connectivity index (χ0n) is 19.4. The molecule has 0 unspecified atom stereocenters. The number of nitrogens with zero attached hydrogens (tertiary/aromatic N) is 6. The third kappa shape index (κ3) is 3.83. The average Bonchev–Trinajstić information content (AvgIpc) is 3.54. The van der Waals surface area contributed by atoms with E-state index in [1.165, 1.54) is 6.07 Å². The standard InChI is InChI=1S/C25H26FN7O2/c1-16-15-35-11-10-31(16)23-13-18(19-14-28-33(25(19)29-23)22-7-8-27-30-22)17-5-6-21(20(26)12-17)32-9-3-2-4-24(32)34/h5-8,12-14,16H,2-4,9-11,15H2,1H3,(H,27,30)/t16-/m1/s1. The number of pyridine rings is 1. The van der Waals surface area contributed by atoms with Crippen LogP contribution in [0.15, 0.2) is 42.7 Å². The van der Waals surface area contributed by atoms with Crippen molar-refractivity contribution in [2.75, 3.05) is 36.1 Å². The number of H-pyrrole nitrogens is 1. The van der Waals surface area contributed by atoms with E-state index in [1.54, 1.807) is 28.0 Å². The van der Waals surface area contributed by atoms with Gasteiger partial charge in [0.25, 0.3) is 0 Å². The lowest BCUT2D eigenvalue weighted by atomic mass is 10.0. The van der Waals surface area contributed by atoms with E-state index in [9.17, 15) is 4.79 Å². The summed E-state index contributed by atoms with van der Waals surface area (Å²) in [6.45, 7) is 4.58. The molecule has 2 aliphatic rings. The van der Waals surface area contributed by atoms with Crippen LogP contribution in [0.3, 0.4) is 0 Å². The third-order valence-corrected chi connectivity index (χ3v) is 6.77. The zero-order valence-corrected chi connectivity index (χ0v) is 19.4. The second-order valence-corrected chi connectivity index (χ2v) is 9.04. The van der Waals surface area contributed by atoms with Gasteiger partial charge in [0.2, 0.25) is 5.91 Å². The fourth-order valence-electron chi connectivity index (χ4n) is 4.93. The predicted molar refractivity (Wildman–Crippen MR) is 130 cm³/mol. The highest BCUT2D eigenvalue weighted by Gasteiger charge is 2.25. The summed E-state index contributed by atoms with van der Waals surface area (Å²) in [4.78, 5) is 21.1. The van der Waals surface area contributed by atoms with Crippen LogP contribution < -0.4 is 9.80 Å². The molecule has 6 rings (SSSR count). The van der Waals surface area contributed by atoms with Gasteiger partial charge >= 0.3 is 0 Å². The Labute approximate surface area is 201 Å². The number of anilines is 2. The van der Waals surface area contributed by atoms with Crippen molar-refractivity contribution >= 4 is 28.4 Å². The second kappa shape index (κ2) is 8.77. The smallest absolute Gasteiger partial charge is 0.227 e. The number of hydrogen-bond acceptors (Lipinski definition) is 6. The summed E-state index contributed by atoms with van der Waals surface area (Å²) in [6.07, 6.45) is 5.66. The summed E-state index contributed by atoms with van der Waals surface area (Å²) in [7, 11) is 0. The van der Waals surface area contributed by atoms with Crippen LogP contribution in [0.2, 0.25) is 0 Å². The number of nitrogens with one attached hydrogen (secondary N) is 1. The molecule has 10 heteroatoms. The third-order valence-electron chi connectivity index (χ3n) is 6.77. The summed E-state index contributed by atoms with van der Waals surface area (Å²) in [5.41, 5.74) is 2.49. The van der Waals surface area contributed by atoms with Crippen LogP contribution in [0.25, 0.3) is 28.0 Å². The van der Waals surface area contributed by atoms with Gasteiger partial charge in [-0.15, -0.1) is 0 Å². The number of halogens is 1. The molecule has 5 heterocycles. The molecule has 9 nitrogen and oxygen atoms in total. The van der Waals surface area contributed by atoms with Crippen LogP contribution in [0, 0.1) is 5.82 Å². The molecule has 35 heavy (non-hydrogen) atoms. The molecule has 4 aromatic rings. The summed E-state index contributed by atoms with van der Waals surface area (Å²) >= 11 is 0. The van der Waals surface area contributed by atoms with Gasteiger partial charge in [-0.05, 0) is 49.1 Å². The molecular formula is C25H26FN7O2. The number of rotatable bonds is 4. The second-order valence-electron chi connectivity index (χ2n) is 9.04. The minimum atomic E-state index is -0.413. The average molecular weight is 476 g/mol. The number of carbonyl (C=O) groups is 1. The molecule has 0 spiro atoms. The van der Waals surface area contributed by atoms with Crippen molar-refractivity contribution in [1.82, 2.24) is 25.0 Å². The highest BCUT2D eigenvalue weighted by Crippen LogP contribution is 2.35. The van der Waals surface area contributed by atoms with Crippen LogP contribution in [0.4, 0.5) is 15.9 Å². The molecule has 1 amide bonds. The lowest BCUT2D eigenvalue weighted by Gasteiger charge is -2.34. The number of hydrogen-bond donors (Lipinski definition) is 1. The number of amides is 1. The van der Waals surface area contributed by atoms with Crippen molar-refractivity contribution in [1.29, 1.82) is 0 Å². The fraction of sp³-hybridized carbons (Fsp3) is 0.360. The van der Waals surface area contributed by atoms with Gasteiger partial charge in [0.15, 0.2) is 11.5 Å². The van der Waals surface area contributed by atoms with E-state index in [1.807, 2.05) is 18.2 Å². The number of morpholine rings is 1. The molecule has 0 aliphatic carbocycles. The number of aromatic amines is 1.